The smallest absolute Gasteiger partial charge is 0.423 e. The average molecular weight is 644 g/mol. The molecule has 2 fully saturated rings. The number of hydrogen-bond acceptors (Lipinski definition) is 8. The van der Waals surface area contributed by atoms with Crippen LogP contribution in [0.4, 0.5) is 4.79 Å². The number of aromatic hydroxyl groups is 1. The highest BCUT2D eigenvalue weighted by Crippen LogP contribution is 2.61. The zero-order valence-corrected chi connectivity index (χ0v) is 26.4. The number of hydrogen-bond donors (Lipinski definition) is 1. The highest BCUT2D eigenvalue weighted by Gasteiger charge is 2.65. The quantitative estimate of drug-likeness (QED) is 0.284. The molecule has 6 atom stereocenters. The van der Waals surface area contributed by atoms with Crippen LogP contribution in [0.25, 0.3) is 11.6 Å². The van der Waals surface area contributed by atoms with Gasteiger partial charge < -0.3 is 14.6 Å². The summed E-state index contributed by atoms with van der Waals surface area (Å²) in [5.74, 6) is -5.39. The second-order valence-corrected chi connectivity index (χ2v) is 12.6. The number of imide groups is 3. The number of likely N-dealkylation sites (tertiary alicyclic amines) is 1. The van der Waals surface area contributed by atoms with Crippen molar-refractivity contribution in [2.24, 2.45) is 29.6 Å². The zero-order chi connectivity index (χ0) is 33.7. The van der Waals surface area contributed by atoms with Crippen LogP contribution in [0.3, 0.4) is 0 Å². The van der Waals surface area contributed by atoms with E-state index in [-0.39, 0.29) is 35.9 Å². The molecule has 1 N–H and O–H groups in total. The summed E-state index contributed by atoms with van der Waals surface area (Å²) >= 11 is 0. The van der Waals surface area contributed by atoms with E-state index < -0.39 is 52.9 Å². The lowest BCUT2D eigenvalue weighted by molar-refractivity contribution is -0.138. The van der Waals surface area contributed by atoms with Crippen molar-refractivity contribution in [2.45, 2.75) is 18.3 Å². The standard InChI is InChI=1S/C39H33NO8/c1-47-32-19-22(14-18-31(32)41)13-17-29-25-15-16-26-34(37(45)40(36(26)44)38(46)48-2)28(25)20-30-35(43)27(23-9-5-3-6-10-23)21-33(42)39(29,30)24-11-7-4-8-12-24/h3-15,17-19,21,26,28-30,34,41H,16,20H2,1-2H3. The third-order valence-corrected chi connectivity index (χ3v) is 10.5. The molecule has 48 heavy (non-hydrogen) atoms. The summed E-state index contributed by atoms with van der Waals surface area (Å²) in [5, 5.41) is 10.2. The summed E-state index contributed by atoms with van der Waals surface area (Å²) in [7, 11) is 2.57. The molecule has 1 saturated carbocycles. The van der Waals surface area contributed by atoms with Crippen LogP contribution in [0.5, 0.6) is 11.5 Å². The van der Waals surface area contributed by atoms with E-state index in [1.807, 2.05) is 66.8 Å². The van der Waals surface area contributed by atoms with Crippen LogP contribution in [-0.2, 0) is 29.3 Å². The number of methoxy groups -OCH3 is 2. The summed E-state index contributed by atoms with van der Waals surface area (Å²) in [5.41, 5.74) is 1.67. The van der Waals surface area contributed by atoms with E-state index in [0.717, 1.165) is 12.7 Å². The van der Waals surface area contributed by atoms with Crippen molar-refractivity contribution in [3.63, 3.8) is 0 Å². The van der Waals surface area contributed by atoms with Gasteiger partial charge >= 0.3 is 6.09 Å². The monoisotopic (exact) mass is 643 g/mol. The van der Waals surface area contributed by atoms with E-state index >= 15 is 0 Å². The summed E-state index contributed by atoms with van der Waals surface area (Å²) in [6.45, 7) is 0. The predicted octanol–water partition coefficient (Wildman–Crippen LogP) is 5.54. The van der Waals surface area contributed by atoms with Crippen LogP contribution in [-0.4, -0.2) is 53.7 Å². The molecule has 1 saturated heterocycles. The van der Waals surface area contributed by atoms with Crippen LogP contribution in [0.15, 0.2) is 103 Å². The van der Waals surface area contributed by atoms with Crippen LogP contribution in [0, 0.1) is 29.6 Å². The molecule has 1 aliphatic heterocycles. The van der Waals surface area contributed by atoms with Crippen LogP contribution in [0.2, 0.25) is 0 Å². The largest absolute Gasteiger partial charge is 0.504 e. The third kappa shape index (κ3) is 4.56. The maximum atomic E-state index is 14.9. The molecule has 3 aromatic rings. The Hall–Kier alpha value is -5.57. The lowest BCUT2D eigenvalue weighted by atomic mass is 9.45. The van der Waals surface area contributed by atoms with Crippen molar-refractivity contribution in [3.8, 4) is 11.5 Å². The minimum absolute atomic E-state index is 0.0274. The van der Waals surface area contributed by atoms with Crippen molar-refractivity contribution in [1.29, 1.82) is 0 Å². The van der Waals surface area contributed by atoms with Gasteiger partial charge in [-0.25, -0.2) is 4.79 Å². The Balaban J connectivity index is 1.45. The molecule has 0 bridgehead atoms. The second-order valence-electron chi connectivity index (χ2n) is 12.6. The average Bonchev–Trinajstić information content (AvgIpc) is 3.38. The van der Waals surface area contributed by atoms with Gasteiger partial charge in [0.15, 0.2) is 23.1 Å². The van der Waals surface area contributed by atoms with Crippen LogP contribution in [0.1, 0.15) is 29.5 Å². The lowest BCUT2D eigenvalue weighted by Gasteiger charge is -2.54. The first-order chi connectivity index (χ1) is 23.2. The molecule has 7 rings (SSSR count). The number of carbonyl (C=O) groups excluding carboxylic acids is 5. The van der Waals surface area contributed by atoms with Crippen molar-refractivity contribution in [1.82, 2.24) is 4.90 Å². The Bertz CT molecular complexity index is 1940. The normalized spacial score (nSPS) is 28.0. The lowest BCUT2D eigenvalue weighted by Crippen LogP contribution is -2.59. The molecule has 9 heteroatoms. The third-order valence-electron chi connectivity index (χ3n) is 10.5. The molecule has 6 unspecified atom stereocenters. The topological polar surface area (TPSA) is 127 Å². The first-order valence-electron chi connectivity index (χ1n) is 15.8. The molecule has 0 spiro atoms. The van der Waals surface area contributed by atoms with Crippen molar-refractivity contribution in [3.05, 3.63) is 119 Å². The molecule has 3 amide bonds. The number of nitrogens with zero attached hydrogens (tertiary/aromatic N) is 1. The Morgan fingerprint density at radius 1 is 0.917 bits per heavy atom. The molecular weight excluding hydrogens is 610 g/mol. The zero-order valence-electron chi connectivity index (χ0n) is 26.4. The summed E-state index contributed by atoms with van der Waals surface area (Å²) in [6, 6.07) is 23.2. The highest BCUT2D eigenvalue weighted by atomic mass is 16.5. The van der Waals surface area contributed by atoms with Gasteiger partial charge in [-0.15, -0.1) is 0 Å². The molecule has 3 aromatic carbocycles. The van der Waals surface area contributed by atoms with Gasteiger partial charge in [-0.05, 0) is 53.7 Å². The molecule has 1 heterocycles. The Kier molecular flexibility index (Phi) is 7.70. The fourth-order valence-corrected chi connectivity index (χ4v) is 8.40. The molecule has 9 nitrogen and oxygen atoms in total. The van der Waals surface area contributed by atoms with Gasteiger partial charge in [0.25, 0.3) is 0 Å². The van der Waals surface area contributed by atoms with E-state index in [1.165, 1.54) is 19.3 Å². The number of phenolic OH excluding ortho intramolecular Hbond substituents is 1. The van der Waals surface area contributed by atoms with Crippen molar-refractivity contribution < 1.29 is 38.6 Å². The molecule has 0 radical (unpaired) electrons. The first-order valence-corrected chi connectivity index (χ1v) is 15.8. The highest BCUT2D eigenvalue weighted by molar-refractivity contribution is 6.31. The number of phenols is 1. The maximum absolute atomic E-state index is 14.9. The molecule has 3 aliphatic carbocycles. The van der Waals surface area contributed by atoms with E-state index in [9.17, 15) is 29.1 Å². The first kappa shape index (κ1) is 31.1. The van der Waals surface area contributed by atoms with Gasteiger partial charge in [-0.2, -0.15) is 4.90 Å². The number of rotatable bonds is 5. The van der Waals surface area contributed by atoms with Gasteiger partial charge in [0.1, 0.15) is 0 Å². The Morgan fingerprint density at radius 2 is 1.62 bits per heavy atom. The Morgan fingerprint density at radius 3 is 2.31 bits per heavy atom. The summed E-state index contributed by atoms with van der Waals surface area (Å²) in [4.78, 5) is 70.2. The van der Waals surface area contributed by atoms with E-state index in [4.69, 9.17) is 9.47 Å². The van der Waals surface area contributed by atoms with Gasteiger partial charge in [0.05, 0.1) is 31.5 Å². The van der Waals surface area contributed by atoms with E-state index in [1.54, 1.807) is 24.3 Å². The predicted molar refractivity (Wildman–Crippen MR) is 175 cm³/mol. The fourth-order valence-electron chi connectivity index (χ4n) is 8.40. The molecule has 4 aliphatic rings. The second kappa shape index (κ2) is 11.9. The van der Waals surface area contributed by atoms with Gasteiger partial charge in [-0.3, -0.25) is 19.2 Å². The summed E-state index contributed by atoms with van der Waals surface area (Å²) < 4.78 is 10.1. The van der Waals surface area contributed by atoms with Crippen LogP contribution >= 0.6 is 0 Å². The minimum Gasteiger partial charge on any atom is -0.504 e. The Labute approximate surface area is 277 Å². The van der Waals surface area contributed by atoms with Gasteiger partial charge in [0.2, 0.25) is 11.8 Å². The van der Waals surface area contributed by atoms with Crippen molar-refractivity contribution >= 4 is 41.1 Å². The van der Waals surface area contributed by atoms with E-state index in [2.05, 4.69) is 0 Å². The number of fused-ring (bicyclic) bond motifs is 4. The number of amides is 3. The van der Waals surface area contributed by atoms with Crippen molar-refractivity contribution in [2.75, 3.05) is 14.2 Å². The van der Waals surface area contributed by atoms with Gasteiger partial charge in [0, 0.05) is 17.4 Å². The molecule has 242 valence electrons. The number of ether oxygens (including phenoxy) is 2. The number of ketones is 2. The minimum atomic E-state index is -1.36. The SMILES string of the molecule is COC(=O)N1C(=O)C2CC=C3C(CC4C(=O)C(c5ccccc5)=CC(=O)C4(c4ccccc4)C3C=Cc3ccc(O)c(OC)c3)C2C1=O. The number of carbonyl (C=O) groups is 5. The number of benzene rings is 3. The van der Waals surface area contributed by atoms with E-state index in [0.29, 0.717) is 27.2 Å². The fraction of sp³-hybridized carbons (Fsp3) is 0.256. The number of Topliss-reactive ketones (excluding diaryl/α,β-unsaturated/α-hetero) is 1. The summed E-state index contributed by atoms with van der Waals surface area (Å²) in [6.07, 6.45) is 6.36. The van der Waals surface area contributed by atoms with Crippen LogP contribution < -0.4 is 4.74 Å². The number of allylic oxidation sites excluding steroid dienone is 5. The molecular formula is C39H33NO8. The maximum Gasteiger partial charge on any atom is 0.423 e. The van der Waals surface area contributed by atoms with Gasteiger partial charge in [-0.1, -0.05) is 90.5 Å². The molecule has 0 aromatic heterocycles.